The zero-order valence-electron chi connectivity index (χ0n) is 10.7. The number of carbonyl (C=O) groups excluding carboxylic acids is 2. The van der Waals surface area contributed by atoms with Gasteiger partial charge in [0.1, 0.15) is 0 Å². The Morgan fingerprint density at radius 3 is 2.68 bits per heavy atom. The minimum Gasteiger partial charge on any atom is -0.294 e. The summed E-state index contributed by atoms with van der Waals surface area (Å²) in [6, 6.07) is 8.04. The molecule has 1 saturated carbocycles. The standard InChI is InChI=1S/C16H14O2S/c1-10(17)14(16(18)11-6-7-11)8-12-9-19-15-5-3-2-4-13(12)15/h2-5,8-9,11H,6-7H2,1H3/b14-8+. The van der Waals surface area contributed by atoms with E-state index in [1.807, 2.05) is 29.6 Å². The van der Waals surface area contributed by atoms with Gasteiger partial charge in [0.25, 0.3) is 0 Å². The molecule has 3 heteroatoms. The minimum absolute atomic E-state index is 0.0165. The van der Waals surface area contributed by atoms with Crippen LogP contribution in [0.15, 0.2) is 35.2 Å². The molecule has 1 aromatic carbocycles. The van der Waals surface area contributed by atoms with Crippen molar-refractivity contribution < 1.29 is 9.59 Å². The van der Waals surface area contributed by atoms with E-state index in [0.29, 0.717) is 5.57 Å². The topological polar surface area (TPSA) is 34.1 Å². The van der Waals surface area contributed by atoms with Crippen LogP contribution in [0.2, 0.25) is 0 Å². The third kappa shape index (κ3) is 2.38. The summed E-state index contributed by atoms with van der Waals surface area (Å²) < 4.78 is 1.18. The van der Waals surface area contributed by atoms with Crippen LogP contribution >= 0.6 is 11.3 Å². The second kappa shape index (κ2) is 4.74. The molecule has 0 saturated heterocycles. The van der Waals surface area contributed by atoms with Crippen LogP contribution < -0.4 is 0 Å². The van der Waals surface area contributed by atoms with Crippen LogP contribution in [0.5, 0.6) is 0 Å². The summed E-state index contributed by atoms with van der Waals surface area (Å²) >= 11 is 1.64. The summed E-state index contributed by atoms with van der Waals surface area (Å²) in [5.74, 6) is -0.0324. The van der Waals surface area contributed by atoms with Gasteiger partial charge in [-0.2, -0.15) is 0 Å². The molecule has 1 heterocycles. The lowest BCUT2D eigenvalue weighted by atomic mass is 10.0. The number of benzene rings is 1. The highest BCUT2D eigenvalue weighted by atomic mass is 32.1. The first-order valence-electron chi connectivity index (χ1n) is 6.40. The van der Waals surface area contributed by atoms with Crippen molar-refractivity contribution >= 4 is 39.1 Å². The van der Waals surface area contributed by atoms with Crippen LogP contribution in [0.25, 0.3) is 16.2 Å². The molecule has 96 valence electrons. The van der Waals surface area contributed by atoms with Crippen molar-refractivity contribution in [3.8, 4) is 0 Å². The first kappa shape index (κ1) is 12.3. The molecule has 0 amide bonds. The van der Waals surface area contributed by atoms with Gasteiger partial charge in [-0.25, -0.2) is 0 Å². The average Bonchev–Trinajstić information content (AvgIpc) is 3.17. The van der Waals surface area contributed by atoms with Crippen molar-refractivity contribution in [1.82, 2.24) is 0 Å². The van der Waals surface area contributed by atoms with E-state index in [1.165, 1.54) is 11.6 Å². The maximum Gasteiger partial charge on any atom is 0.169 e. The van der Waals surface area contributed by atoms with Crippen molar-refractivity contribution in [1.29, 1.82) is 0 Å². The monoisotopic (exact) mass is 270 g/mol. The Hall–Kier alpha value is -1.74. The van der Waals surface area contributed by atoms with Gasteiger partial charge in [0.05, 0.1) is 5.57 Å². The summed E-state index contributed by atoms with van der Waals surface area (Å²) in [6.45, 7) is 1.47. The number of carbonyl (C=O) groups is 2. The van der Waals surface area contributed by atoms with Crippen molar-refractivity contribution in [2.24, 2.45) is 5.92 Å². The fraction of sp³-hybridized carbons (Fsp3) is 0.250. The van der Waals surface area contributed by atoms with E-state index in [4.69, 9.17) is 0 Å². The number of ketones is 2. The number of hydrogen-bond acceptors (Lipinski definition) is 3. The highest BCUT2D eigenvalue weighted by molar-refractivity contribution is 7.17. The van der Waals surface area contributed by atoms with Gasteiger partial charge in [-0.05, 0) is 48.2 Å². The molecule has 3 rings (SSSR count). The molecule has 19 heavy (non-hydrogen) atoms. The normalized spacial score (nSPS) is 15.7. The van der Waals surface area contributed by atoms with Gasteiger partial charge in [-0.3, -0.25) is 9.59 Å². The Morgan fingerprint density at radius 1 is 1.26 bits per heavy atom. The van der Waals surface area contributed by atoms with Crippen LogP contribution in [-0.2, 0) is 9.59 Å². The molecule has 0 bridgehead atoms. The first-order valence-corrected chi connectivity index (χ1v) is 7.28. The number of allylic oxidation sites excluding steroid dienone is 1. The number of fused-ring (bicyclic) bond motifs is 1. The molecule has 0 aliphatic heterocycles. The number of Topliss-reactive ketones (excluding diaryl/α,β-unsaturated/α-hetero) is 2. The predicted octanol–water partition coefficient (Wildman–Crippen LogP) is 3.85. The Labute approximate surface area is 115 Å². The summed E-state index contributed by atoms with van der Waals surface area (Å²) in [5.41, 5.74) is 1.32. The zero-order valence-corrected chi connectivity index (χ0v) is 11.5. The van der Waals surface area contributed by atoms with Gasteiger partial charge in [0, 0.05) is 10.6 Å². The van der Waals surface area contributed by atoms with Crippen molar-refractivity contribution in [3.05, 3.63) is 40.8 Å². The lowest BCUT2D eigenvalue weighted by molar-refractivity contribution is -0.121. The van der Waals surface area contributed by atoms with Crippen molar-refractivity contribution in [3.63, 3.8) is 0 Å². The number of hydrogen-bond donors (Lipinski definition) is 0. The molecule has 2 aromatic rings. The van der Waals surface area contributed by atoms with E-state index in [1.54, 1.807) is 17.4 Å². The Kier molecular flexibility index (Phi) is 3.07. The van der Waals surface area contributed by atoms with Crippen LogP contribution in [0, 0.1) is 5.92 Å². The second-order valence-electron chi connectivity index (χ2n) is 4.94. The van der Waals surface area contributed by atoms with Gasteiger partial charge >= 0.3 is 0 Å². The Balaban J connectivity index is 2.06. The molecule has 0 atom stereocenters. The van der Waals surface area contributed by atoms with E-state index in [2.05, 4.69) is 0 Å². The third-order valence-corrected chi connectivity index (χ3v) is 4.39. The molecular weight excluding hydrogens is 256 g/mol. The van der Waals surface area contributed by atoms with Gasteiger partial charge in [0.2, 0.25) is 0 Å². The first-order chi connectivity index (χ1) is 9.16. The molecule has 0 radical (unpaired) electrons. The summed E-state index contributed by atoms with van der Waals surface area (Å²) in [6.07, 6.45) is 3.61. The van der Waals surface area contributed by atoms with E-state index in [9.17, 15) is 9.59 Å². The summed E-state index contributed by atoms with van der Waals surface area (Å²) in [4.78, 5) is 23.8. The zero-order chi connectivity index (χ0) is 13.4. The molecule has 1 fully saturated rings. The predicted molar refractivity (Wildman–Crippen MR) is 78.2 cm³/mol. The van der Waals surface area contributed by atoms with E-state index >= 15 is 0 Å². The average molecular weight is 270 g/mol. The highest BCUT2D eigenvalue weighted by Crippen LogP contribution is 2.34. The lowest BCUT2D eigenvalue weighted by Crippen LogP contribution is -2.11. The quantitative estimate of drug-likeness (QED) is 0.480. The Bertz CT molecular complexity index is 690. The second-order valence-corrected chi connectivity index (χ2v) is 5.85. The molecule has 1 aromatic heterocycles. The van der Waals surface area contributed by atoms with Crippen LogP contribution in [0.4, 0.5) is 0 Å². The molecule has 2 nitrogen and oxygen atoms in total. The highest BCUT2D eigenvalue weighted by Gasteiger charge is 2.33. The maximum atomic E-state index is 12.1. The van der Waals surface area contributed by atoms with E-state index < -0.39 is 0 Å². The third-order valence-electron chi connectivity index (χ3n) is 3.40. The molecular formula is C16H14O2S. The summed E-state index contributed by atoms with van der Waals surface area (Å²) in [7, 11) is 0. The molecule has 1 aliphatic carbocycles. The Morgan fingerprint density at radius 2 is 2.00 bits per heavy atom. The smallest absolute Gasteiger partial charge is 0.169 e. The fourth-order valence-electron chi connectivity index (χ4n) is 2.18. The van der Waals surface area contributed by atoms with Gasteiger partial charge < -0.3 is 0 Å². The largest absolute Gasteiger partial charge is 0.294 e. The minimum atomic E-state index is -0.132. The van der Waals surface area contributed by atoms with Gasteiger partial charge in [-0.1, -0.05) is 18.2 Å². The van der Waals surface area contributed by atoms with E-state index in [-0.39, 0.29) is 17.5 Å². The van der Waals surface area contributed by atoms with E-state index in [0.717, 1.165) is 23.8 Å². The summed E-state index contributed by atoms with van der Waals surface area (Å²) in [5, 5.41) is 3.11. The molecule has 0 spiro atoms. The van der Waals surface area contributed by atoms with Crippen LogP contribution in [0.3, 0.4) is 0 Å². The number of thiophene rings is 1. The van der Waals surface area contributed by atoms with Gasteiger partial charge in [0.15, 0.2) is 11.6 Å². The maximum absolute atomic E-state index is 12.1. The van der Waals surface area contributed by atoms with Crippen molar-refractivity contribution in [2.45, 2.75) is 19.8 Å². The van der Waals surface area contributed by atoms with Crippen molar-refractivity contribution in [2.75, 3.05) is 0 Å². The molecule has 0 unspecified atom stereocenters. The van der Waals surface area contributed by atoms with Crippen LogP contribution in [0.1, 0.15) is 25.3 Å². The number of rotatable bonds is 4. The fourth-order valence-corrected chi connectivity index (χ4v) is 3.10. The molecule has 0 N–H and O–H groups in total. The molecule has 1 aliphatic rings. The SMILES string of the molecule is CC(=O)/C(=C\c1csc2ccccc12)C(=O)C1CC1. The van der Waals surface area contributed by atoms with Gasteiger partial charge in [-0.15, -0.1) is 11.3 Å². The lowest BCUT2D eigenvalue weighted by Gasteiger charge is -2.01. The van der Waals surface area contributed by atoms with Crippen LogP contribution in [-0.4, -0.2) is 11.6 Å².